The van der Waals surface area contributed by atoms with E-state index in [0.717, 1.165) is 38.3 Å². The summed E-state index contributed by atoms with van der Waals surface area (Å²) in [5.41, 5.74) is 2.73. The summed E-state index contributed by atoms with van der Waals surface area (Å²) in [7, 11) is 1.77. The third-order valence-electron chi connectivity index (χ3n) is 4.26. The van der Waals surface area contributed by atoms with Gasteiger partial charge in [-0.15, -0.1) is 0 Å². The molecule has 0 radical (unpaired) electrons. The Balaban J connectivity index is 2.11. The Morgan fingerprint density at radius 2 is 1.90 bits per heavy atom. The number of hydrogen-bond acceptors (Lipinski definition) is 3. The maximum absolute atomic E-state index is 5.54. The molecule has 1 heterocycles. The number of ether oxygens (including phenoxy) is 1. The van der Waals surface area contributed by atoms with E-state index in [4.69, 9.17) is 4.74 Å². The summed E-state index contributed by atoms with van der Waals surface area (Å²) in [5.74, 6) is 1.59. The minimum Gasteiger partial charge on any atom is -0.496 e. The minimum atomic E-state index is 0.563. The molecule has 0 amide bonds. The normalized spacial score (nSPS) is 18.2. The molecule has 0 bridgehead atoms. The molecule has 3 heteroatoms. The van der Waals surface area contributed by atoms with Crippen molar-refractivity contribution in [3.63, 3.8) is 0 Å². The number of benzene rings is 1. The van der Waals surface area contributed by atoms with E-state index in [0.29, 0.717) is 12.0 Å². The highest BCUT2D eigenvalue weighted by atomic mass is 16.5. The van der Waals surface area contributed by atoms with Crippen molar-refractivity contribution in [3.05, 3.63) is 29.3 Å². The van der Waals surface area contributed by atoms with E-state index in [1.54, 1.807) is 7.11 Å². The third-order valence-corrected chi connectivity index (χ3v) is 4.26. The first kappa shape index (κ1) is 15.3. The second-order valence-corrected chi connectivity index (χ2v) is 6.07. The van der Waals surface area contributed by atoms with Crippen LogP contribution in [0.15, 0.2) is 18.2 Å². The predicted molar refractivity (Wildman–Crippen MR) is 84.7 cm³/mol. The van der Waals surface area contributed by atoms with Gasteiger partial charge >= 0.3 is 0 Å². The SMILES string of the molecule is COc1ccc(C(C)C)cc1CC(C)N1CCNCC1. The van der Waals surface area contributed by atoms with Gasteiger partial charge < -0.3 is 10.1 Å². The molecule has 1 N–H and O–H groups in total. The van der Waals surface area contributed by atoms with Gasteiger partial charge in [-0.1, -0.05) is 26.0 Å². The Kier molecular flexibility index (Phi) is 5.44. The summed E-state index contributed by atoms with van der Waals surface area (Å²) in [6.07, 6.45) is 1.06. The Labute approximate surface area is 123 Å². The van der Waals surface area contributed by atoms with Crippen LogP contribution in [-0.4, -0.2) is 44.2 Å². The molecule has 20 heavy (non-hydrogen) atoms. The van der Waals surface area contributed by atoms with Gasteiger partial charge in [-0.2, -0.15) is 0 Å². The van der Waals surface area contributed by atoms with E-state index >= 15 is 0 Å². The molecule has 2 rings (SSSR count). The van der Waals surface area contributed by atoms with E-state index in [1.807, 2.05) is 0 Å². The summed E-state index contributed by atoms with van der Waals surface area (Å²) in [5, 5.41) is 3.41. The molecule has 1 saturated heterocycles. The molecule has 1 aromatic rings. The van der Waals surface area contributed by atoms with Crippen LogP contribution in [-0.2, 0) is 6.42 Å². The van der Waals surface area contributed by atoms with Crippen LogP contribution in [0.1, 0.15) is 37.8 Å². The average molecular weight is 276 g/mol. The van der Waals surface area contributed by atoms with E-state index in [9.17, 15) is 0 Å². The lowest BCUT2D eigenvalue weighted by molar-refractivity contribution is 0.182. The van der Waals surface area contributed by atoms with Gasteiger partial charge in [-0.05, 0) is 36.5 Å². The summed E-state index contributed by atoms with van der Waals surface area (Å²) >= 11 is 0. The molecule has 3 nitrogen and oxygen atoms in total. The van der Waals surface area contributed by atoms with Gasteiger partial charge in [0.25, 0.3) is 0 Å². The first-order valence-electron chi connectivity index (χ1n) is 7.73. The number of piperazine rings is 1. The molecular weight excluding hydrogens is 248 g/mol. The number of hydrogen-bond donors (Lipinski definition) is 1. The van der Waals surface area contributed by atoms with Crippen LogP contribution in [0, 0.1) is 0 Å². The fraction of sp³-hybridized carbons (Fsp3) is 0.647. The zero-order valence-electron chi connectivity index (χ0n) is 13.3. The Morgan fingerprint density at radius 1 is 1.20 bits per heavy atom. The van der Waals surface area contributed by atoms with Gasteiger partial charge in [0, 0.05) is 32.2 Å². The topological polar surface area (TPSA) is 24.5 Å². The standard InChI is InChI=1S/C17H28N2O/c1-13(2)15-5-6-17(20-4)16(12-15)11-14(3)19-9-7-18-8-10-19/h5-6,12-14,18H,7-11H2,1-4H3. The zero-order valence-corrected chi connectivity index (χ0v) is 13.3. The lowest BCUT2D eigenvalue weighted by Crippen LogP contribution is -2.48. The first-order chi connectivity index (χ1) is 9.61. The van der Waals surface area contributed by atoms with E-state index < -0.39 is 0 Å². The van der Waals surface area contributed by atoms with Crippen molar-refractivity contribution in [1.82, 2.24) is 10.2 Å². The van der Waals surface area contributed by atoms with Crippen LogP contribution in [0.2, 0.25) is 0 Å². The van der Waals surface area contributed by atoms with Gasteiger partial charge in [0.2, 0.25) is 0 Å². The first-order valence-corrected chi connectivity index (χ1v) is 7.73. The highest BCUT2D eigenvalue weighted by molar-refractivity contribution is 5.39. The van der Waals surface area contributed by atoms with Crippen LogP contribution in [0.4, 0.5) is 0 Å². The van der Waals surface area contributed by atoms with Gasteiger partial charge in [0.05, 0.1) is 7.11 Å². The maximum atomic E-state index is 5.54. The molecule has 0 saturated carbocycles. The Bertz CT molecular complexity index is 425. The van der Waals surface area contributed by atoms with Crippen molar-refractivity contribution in [1.29, 1.82) is 0 Å². The number of nitrogens with zero attached hydrogens (tertiary/aromatic N) is 1. The molecular formula is C17H28N2O. The van der Waals surface area contributed by atoms with Gasteiger partial charge in [-0.3, -0.25) is 4.90 Å². The lowest BCUT2D eigenvalue weighted by atomic mass is 9.96. The number of methoxy groups -OCH3 is 1. The van der Waals surface area contributed by atoms with Crippen LogP contribution in [0.5, 0.6) is 5.75 Å². The molecule has 1 aliphatic rings. The molecule has 0 aliphatic carbocycles. The highest BCUT2D eigenvalue weighted by Crippen LogP contribution is 2.26. The molecule has 0 aromatic heterocycles. The monoisotopic (exact) mass is 276 g/mol. The van der Waals surface area contributed by atoms with Crippen molar-refractivity contribution in [2.45, 2.75) is 39.2 Å². The van der Waals surface area contributed by atoms with E-state index in [2.05, 4.69) is 49.2 Å². The van der Waals surface area contributed by atoms with Gasteiger partial charge in [-0.25, -0.2) is 0 Å². The second-order valence-electron chi connectivity index (χ2n) is 6.07. The lowest BCUT2D eigenvalue weighted by Gasteiger charge is -2.33. The van der Waals surface area contributed by atoms with Crippen molar-refractivity contribution < 1.29 is 4.74 Å². The maximum Gasteiger partial charge on any atom is 0.122 e. The molecule has 1 aromatic carbocycles. The van der Waals surface area contributed by atoms with Crippen LogP contribution < -0.4 is 10.1 Å². The zero-order chi connectivity index (χ0) is 14.5. The van der Waals surface area contributed by atoms with E-state index in [1.165, 1.54) is 11.1 Å². The predicted octanol–water partition coefficient (Wildman–Crippen LogP) is 2.65. The van der Waals surface area contributed by atoms with Crippen LogP contribution in [0.3, 0.4) is 0 Å². The molecule has 1 fully saturated rings. The summed E-state index contributed by atoms with van der Waals surface area (Å²) in [6, 6.07) is 7.19. The molecule has 1 atom stereocenters. The third kappa shape index (κ3) is 3.74. The fourth-order valence-electron chi connectivity index (χ4n) is 2.89. The van der Waals surface area contributed by atoms with Crippen LogP contribution >= 0.6 is 0 Å². The molecule has 1 aliphatic heterocycles. The summed E-state index contributed by atoms with van der Waals surface area (Å²) in [6.45, 7) is 11.3. The van der Waals surface area contributed by atoms with Crippen molar-refractivity contribution in [2.75, 3.05) is 33.3 Å². The highest BCUT2D eigenvalue weighted by Gasteiger charge is 2.18. The average Bonchev–Trinajstić information content (AvgIpc) is 2.48. The fourth-order valence-corrected chi connectivity index (χ4v) is 2.89. The molecule has 112 valence electrons. The van der Waals surface area contributed by atoms with E-state index in [-0.39, 0.29) is 0 Å². The Morgan fingerprint density at radius 3 is 2.50 bits per heavy atom. The molecule has 0 spiro atoms. The van der Waals surface area contributed by atoms with Gasteiger partial charge in [0.15, 0.2) is 0 Å². The van der Waals surface area contributed by atoms with Crippen molar-refractivity contribution in [3.8, 4) is 5.75 Å². The summed E-state index contributed by atoms with van der Waals surface area (Å²) in [4.78, 5) is 2.57. The molecule has 1 unspecified atom stereocenters. The van der Waals surface area contributed by atoms with Crippen LogP contribution in [0.25, 0.3) is 0 Å². The Hall–Kier alpha value is -1.06. The smallest absolute Gasteiger partial charge is 0.122 e. The van der Waals surface area contributed by atoms with Gasteiger partial charge in [0.1, 0.15) is 5.75 Å². The summed E-state index contributed by atoms with van der Waals surface area (Å²) < 4.78 is 5.54. The largest absolute Gasteiger partial charge is 0.496 e. The second kappa shape index (κ2) is 7.09. The van der Waals surface area contributed by atoms with Crippen molar-refractivity contribution in [2.24, 2.45) is 0 Å². The number of nitrogens with one attached hydrogen (secondary N) is 1. The quantitative estimate of drug-likeness (QED) is 0.895. The number of rotatable bonds is 5. The van der Waals surface area contributed by atoms with Crippen molar-refractivity contribution >= 4 is 0 Å². The minimum absolute atomic E-state index is 0.563.